The Morgan fingerprint density at radius 1 is 0.946 bits per heavy atom. The van der Waals surface area contributed by atoms with Gasteiger partial charge in [0.25, 0.3) is 0 Å². The smallest absolute Gasteiger partial charge is 0.160 e. The largest absolute Gasteiger partial charge is 0.496 e. The molecular weight excluding hydrogens is 468 g/mol. The van der Waals surface area contributed by atoms with Gasteiger partial charge in [-0.05, 0) is 37.8 Å². The predicted octanol–water partition coefficient (Wildman–Crippen LogP) is 3.46. The Labute approximate surface area is 215 Å². The molecule has 0 spiro atoms. The van der Waals surface area contributed by atoms with Crippen LogP contribution in [0, 0.1) is 0 Å². The van der Waals surface area contributed by atoms with E-state index in [1.54, 1.807) is 13.4 Å². The molecule has 0 amide bonds. The van der Waals surface area contributed by atoms with Crippen molar-refractivity contribution in [2.75, 3.05) is 67.7 Å². The van der Waals surface area contributed by atoms with Gasteiger partial charge in [-0.1, -0.05) is 6.07 Å². The molecule has 1 aromatic carbocycles. The summed E-state index contributed by atoms with van der Waals surface area (Å²) in [6.07, 6.45) is 6.15. The molecule has 7 rings (SSSR count). The van der Waals surface area contributed by atoms with Gasteiger partial charge >= 0.3 is 0 Å². The van der Waals surface area contributed by atoms with Gasteiger partial charge in [0.15, 0.2) is 5.65 Å². The number of ether oxygens (including phenoxy) is 2. The molecule has 37 heavy (non-hydrogen) atoms. The molecule has 3 aliphatic rings. The van der Waals surface area contributed by atoms with Crippen molar-refractivity contribution in [3.05, 3.63) is 42.4 Å². The Bertz CT molecular complexity index is 1420. The summed E-state index contributed by atoms with van der Waals surface area (Å²) in [6, 6.07) is 10.5. The van der Waals surface area contributed by atoms with Crippen LogP contribution in [0.3, 0.4) is 0 Å². The standard InChI is InChI=1S/C27H32N8O2/c1-36-22-8-4-6-19-26(22)27(29-18-28-19)34-11-3-2-7-21(34)20-16-24-30-23(32-9-5-10-32)17-25(35(24)31-20)33-12-14-37-15-13-33/h4,6,8,16-18,21H,2-3,5,7,9-15H2,1H3. The summed E-state index contributed by atoms with van der Waals surface area (Å²) in [5.41, 5.74) is 2.82. The second-order valence-electron chi connectivity index (χ2n) is 10.0. The lowest BCUT2D eigenvalue weighted by Gasteiger charge is -2.36. The molecule has 10 nitrogen and oxygen atoms in total. The fourth-order valence-electron chi connectivity index (χ4n) is 5.79. The van der Waals surface area contributed by atoms with Crippen LogP contribution in [0.5, 0.6) is 5.75 Å². The number of aromatic nitrogens is 5. The minimum absolute atomic E-state index is 0.100. The number of hydrogen-bond donors (Lipinski definition) is 0. The predicted molar refractivity (Wildman–Crippen MR) is 143 cm³/mol. The molecule has 10 heteroatoms. The van der Waals surface area contributed by atoms with Gasteiger partial charge in [-0.2, -0.15) is 9.61 Å². The molecule has 0 aliphatic carbocycles. The second-order valence-corrected chi connectivity index (χ2v) is 10.0. The maximum absolute atomic E-state index is 5.73. The maximum atomic E-state index is 5.73. The summed E-state index contributed by atoms with van der Waals surface area (Å²) in [7, 11) is 1.70. The van der Waals surface area contributed by atoms with Crippen molar-refractivity contribution < 1.29 is 9.47 Å². The molecule has 6 heterocycles. The molecule has 1 unspecified atom stereocenters. The summed E-state index contributed by atoms with van der Waals surface area (Å²) < 4.78 is 13.4. The van der Waals surface area contributed by atoms with E-state index < -0.39 is 0 Å². The zero-order chi connectivity index (χ0) is 24.8. The average Bonchev–Trinajstić information content (AvgIpc) is 3.35. The Hall–Kier alpha value is -3.66. The molecular formula is C27H32N8O2. The van der Waals surface area contributed by atoms with Gasteiger partial charge in [0, 0.05) is 44.9 Å². The average molecular weight is 501 g/mol. The number of rotatable bonds is 5. The monoisotopic (exact) mass is 500 g/mol. The van der Waals surface area contributed by atoms with Crippen LogP contribution in [0.15, 0.2) is 36.7 Å². The van der Waals surface area contributed by atoms with Gasteiger partial charge in [-0.25, -0.2) is 15.0 Å². The minimum atomic E-state index is 0.100. The quantitative estimate of drug-likeness (QED) is 0.409. The van der Waals surface area contributed by atoms with Crippen molar-refractivity contribution in [2.24, 2.45) is 0 Å². The molecule has 3 aromatic heterocycles. The molecule has 0 N–H and O–H groups in total. The summed E-state index contributed by atoms with van der Waals surface area (Å²) >= 11 is 0. The molecule has 4 aromatic rings. The zero-order valence-corrected chi connectivity index (χ0v) is 21.2. The third-order valence-electron chi connectivity index (χ3n) is 7.87. The van der Waals surface area contributed by atoms with Crippen LogP contribution in [0.25, 0.3) is 16.6 Å². The normalized spacial score (nSPS) is 20.5. The highest BCUT2D eigenvalue weighted by Gasteiger charge is 2.31. The van der Waals surface area contributed by atoms with Crippen LogP contribution in [0.4, 0.5) is 17.5 Å². The number of methoxy groups -OCH3 is 1. The summed E-state index contributed by atoms with van der Waals surface area (Å²) in [5, 5.41) is 6.15. The number of fused-ring (bicyclic) bond motifs is 2. The molecule has 3 aliphatic heterocycles. The Balaban J connectivity index is 1.34. The Morgan fingerprint density at radius 3 is 2.65 bits per heavy atom. The van der Waals surface area contributed by atoms with E-state index in [-0.39, 0.29) is 6.04 Å². The molecule has 0 saturated carbocycles. The number of morpholine rings is 1. The first-order valence-corrected chi connectivity index (χ1v) is 13.3. The lowest BCUT2D eigenvalue weighted by Crippen LogP contribution is -2.40. The lowest BCUT2D eigenvalue weighted by atomic mass is 9.98. The van der Waals surface area contributed by atoms with E-state index >= 15 is 0 Å². The van der Waals surface area contributed by atoms with E-state index in [1.807, 2.05) is 22.7 Å². The number of anilines is 3. The van der Waals surface area contributed by atoms with Crippen LogP contribution in [0.2, 0.25) is 0 Å². The zero-order valence-electron chi connectivity index (χ0n) is 21.2. The van der Waals surface area contributed by atoms with E-state index in [2.05, 4.69) is 31.8 Å². The van der Waals surface area contributed by atoms with Crippen molar-refractivity contribution >= 4 is 34.0 Å². The number of piperidine rings is 1. The molecule has 192 valence electrons. The van der Waals surface area contributed by atoms with Crippen molar-refractivity contribution in [1.29, 1.82) is 0 Å². The third-order valence-corrected chi connectivity index (χ3v) is 7.87. The van der Waals surface area contributed by atoms with Crippen LogP contribution in [-0.4, -0.2) is 77.6 Å². The van der Waals surface area contributed by atoms with E-state index in [0.29, 0.717) is 0 Å². The van der Waals surface area contributed by atoms with Crippen LogP contribution in [-0.2, 0) is 4.74 Å². The van der Waals surface area contributed by atoms with Crippen molar-refractivity contribution in [1.82, 2.24) is 24.6 Å². The van der Waals surface area contributed by atoms with Gasteiger partial charge in [-0.3, -0.25) is 0 Å². The third kappa shape index (κ3) is 3.90. The Morgan fingerprint density at radius 2 is 1.84 bits per heavy atom. The molecule has 1 atom stereocenters. The fraction of sp³-hybridized carbons (Fsp3) is 0.481. The fourth-order valence-corrected chi connectivity index (χ4v) is 5.79. The maximum Gasteiger partial charge on any atom is 0.160 e. The van der Waals surface area contributed by atoms with Gasteiger partial charge in [0.05, 0.1) is 43.0 Å². The Kier molecular flexibility index (Phi) is 5.68. The van der Waals surface area contributed by atoms with Crippen LogP contribution < -0.4 is 19.4 Å². The summed E-state index contributed by atoms with van der Waals surface area (Å²) in [6.45, 7) is 6.21. The van der Waals surface area contributed by atoms with Gasteiger partial charge in [-0.15, -0.1) is 0 Å². The highest BCUT2D eigenvalue weighted by Crippen LogP contribution is 2.40. The van der Waals surface area contributed by atoms with E-state index in [0.717, 1.165) is 111 Å². The second kappa shape index (κ2) is 9.33. The molecule has 3 saturated heterocycles. The number of hydrogen-bond acceptors (Lipinski definition) is 9. The van der Waals surface area contributed by atoms with Crippen LogP contribution >= 0.6 is 0 Å². The first-order chi connectivity index (χ1) is 18.3. The van der Waals surface area contributed by atoms with E-state index in [4.69, 9.17) is 24.5 Å². The minimum Gasteiger partial charge on any atom is -0.496 e. The van der Waals surface area contributed by atoms with Crippen molar-refractivity contribution in [3.63, 3.8) is 0 Å². The summed E-state index contributed by atoms with van der Waals surface area (Å²) in [5.74, 6) is 3.84. The highest BCUT2D eigenvalue weighted by atomic mass is 16.5. The SMILES string of the molecule is COc1cccc2ncnc(N3CCCCC3c3cc4nc(N5CCC5)cc(N5CCOCC5)n4n3)c12. The van der Waals surface area contributed by atoms with E-state index in [1.165, 1.54) is 6.42 Å². The van der Waals surface area contributed by atoms with Gasteiger partial charge < -0.3 is 24.2 Å². The molecule has 0 bridgehead atoms. The molecule has 3 fully saturated rings. The highest BCUT2D eigenvalue weighted by molar-refractivity contribution is 5.95. The topological polar surface area (TPSA) is 84.2 Å². The summed E-state index contributed by atoms with van der Waals surface area (Å²) in [4.78, 5) is 21.4. The van der Waals surface area contributed by atoms with Crippen molar-refractivity contribution in [2.45, 2.75) is 31.7 Å². The first kappa shape index (κ1) is 22.5. The molecule has 0 radical (unpaired) electrons. The van der Waals surface area contributed by atoms with E-state index in [9.17, 15) is 0 Å². The van der Waals surface area contributed by atoms with Gasteiger partial charge in [0.2, 0.25) is 0 Å². The van der Waals surface area contributed by atoms with Crippen molar-refractivity contribution in [3.8, 4) is 5.75 Å². The number of nitrogens with zero attached hydrogens (tertiary/aromatic N) is 8. The lowest BCUT2D eigenvalue weighted by molar-refractivity contribution is 0.122. The van der Waals surface area contributed by atoms with Crippen LogP contribution in [0.1, 0.15) is 37.4 Å². The van der Waals surface area contributed by atoms with Gasteiger partial charge in [0.1, 0.15) is 29.5 Å². The first-order valence-electron chi connectivity index (χ1n) is 13.3. The number of benzene rings is 1.